The molecule has 0 aromatic heterocycles. The summed E-state index contributed by atoms with van der Waals surface area (Å²) in [7, 11) is 0. The van der Waals surface area contributed by atoms with Crippen molar-refractivity contribution in [3.05, 3.63) is 0 Å². The van der Waals surface area contributed by atoms with Crippen LogP contribution >= 0.6 is 11.8 Å². The van der Waals surface area contributed by atoms with Crippen LogP contribution in [0.5, 0.6) is 0 Å². The Morgan fingerprint density at radius 3 is 2.93 bits per heavy atom. The largest absolute Gasteiger partial charge is 0.315 e. The van der Waals surface area contributed by atoms with Gasteiger partial charge < -0.3 is 10.2 Å². The summed E-state index contributed by atoms with van der Waals surface area (Å²) in [4.78, 5) is 2.61. The first kappa shape index (κ1) is 13.3. The molecule has 0 saturated carbocycles. The molecule has 1 N–H and O–H groups in total. The standard InChI is InChI=1S/C12H26N2S/c1-4-12-10-14(7-8-15-12)6-5-13-9-11(2)3/h11-13H,4-10H2,1-3H3. The molecule has 2 nitrogen and oxygen atoms in total. The van der Waals surface area contributed by atoms with Gasteiger partial charge in [0.1, 0.15) is 0 Å². The quantitative estimate of drug-likeness (QED) is 0.703. The molecule has 1 atom stereocenters. The summed E-state index contributed by atoms with van der Waals surface area (Å²) in [5.74, 6) is 2.09. The van der Waals surface area contributed by atoms with Crippen LogP contribution in [0, 0.1) is 5.92 Å². The van der Waals surface area contributed by atoms with E-state index in [1.54, 1.807) is 0 Å². The van der Waals surface area contributed by atoms with Gasteiger partial charge in [0.15, 0.2) is 0 Å². The first-order chi connectivity index (χ1) is 7.22. The lowest BCUT2D eigenvalue weighted by Crippen LogP contribution is -2.41. The van der Waals surface area contributed by atoms with Crippen LogP contribution in [0.25, 0.3) is 0 Å². The van der Waals surface area contributed by atoms with Gasteiger partial charge in [-0.15, -0.1) is 0 Å². The van der Waals surface area contributed by atoms with E-state index in [1.807, 2.05) is 0 Å². The Kier molecular flexibility index (Phi) is 6.69. The highest BCUT2D eigenvalue weighted by Crippen LogP contribution is 2.20. The molecular weight excluding hydrogens is 204 g/mol. The molecular formula is C12H26N2S. The summed E-state index contributed by atoms with van der Waals surface area (Å²) in [5.41, 5.74) is 0. The maximum atomic E-state index is 3.52. The molecule has 0 spiro atoms. The molecule has 90 valence electrons. The van der Waals surface area contributed by atoms with E-state index in [-0.39, 0.29) is 0 Å². The second kappa shape index (κ2) is 7.53. The Bertz CT molecular complexity index is 162. The molecule has 1 aliphatic heterocycles. The zero-order chi connectivity index (χ0) is 11.1. The molecule has 0 bridgehead atoms. The first-order valence-corrected chi connectivity index (χ1v) is 7.32. The van der Waals surface area contributed by atoms with E-state index in [2.05, 4.69) is 42.7 Å². The van der Waals surface area contributed by atoms with Crippen molar-refractivity contribution in [3.8, 4) is 0 Å². The molecule has 1 fully saturated rings. The maximum absolute atomic E-state index is 3.52. The lowest BCUT2D eigenvalue weighted by atomic mass is 10.2. The third kappa shape index (κ3) is 5.79. The van der Waals surface area contributed by atoms with Gasteiger partial charge in [-0.1, -0.05) is 20.8 Å². The topological polar surface area (TPSA) is 15.3 Å². The van der Waals surface area contributed by atoms with Gasteiger partial charge in [0.25, 0.3) is 0 Å². The number of hydrogen-bond acceptors (Lipinski definition) is 3. The number of thioether (sulfide) groups is 1. The minimum absolute atomic E-state index is 0.769. The van der Waals surface area contributed by atoms with E-state index in [4.69, 9.17) is 0 Å². The van der Waals surface area contributed by atoms with Crippen molar-refractivity contribution in [1.29, 1.82) is 0 Å². The van der Waals surface area contributed by atoms with Crippen molar-refractivity contribution in [2.24, 2.45) is 5.92 Å². The summed E-state index contributed by atoms with van der Waals surface area (Å²) in [5, 5.41) is 4.40. The molecule has 1 rings (SSSR count). The van der Waals surface area contributed by atoms with E-state index in [0.717, 1.165) is 24.3 Å². The second-order valence-corrected chi connectivity index (χ2v) is 6.21. The number of rotatable bonds is 6. The van der Waals surface area contributed by atoms with Crippen LogP contribution in [0.2, 0.25) is 0 Å². The fourth-order valence-electron chi connectivity index (χ4n) is 1.86. The molecule has 3 heteroatoms. The third-order valence-electron chi connectivity index (χ3n) is 2.84. The average molecular weight is 230 g/mol. The normalized spacial score (nSPS) is 23.6. The minimum atomic E-state index is 0.769. The van der Waals surface area contributed by atoms with Crippen LogP contribution in [0.1, 0.15) is 27.2 Å². The Morgan fingerprint density at radius 1 is 1.47 bits per heavy atom. The fourth-order valence-corrected chi connectivity index (χ4v) is 3.11. The summed E-state index contributed by atoms with van der Waals surface area (Å²) < 4.78 is 0. The lowest BCUT2D eigenvalue weighted by molar-refractivity contribution is 0.279. The van der Waals surface area contributed by atoms with Crippen molar-refractivity contribution >= 4 is 11.8 Å². The van der Waals surface area contributed by atoms with Crippen molar-refractivity contribution in [2.75, 3.05) is 38.5 Å². The van der Waals surface area contributed by atoms with Crippen molar-refractivity contribution in [2.45, 2.75) is 32.4 Å². The van der Waals surface area contributed by atoms with Crippen molar-refractivity contribution < 1.29 is 0 Å². The Balaban J connectivity index is 2.05. The van der Waals surface area contributed by atoms with Crippen LogP contribution < -0.4 is 5.32 Å². The van der Waals surface area contributed by atoms with Gasteiger partial charge in [-0.25, -0.2) is 0 Å². The number of nitrogens with zero attached hydrogens (tertiary/aromatic N) is 1. The molecule has 0 aromatic rings. The Morgan fingerprint density at radius 2 is 2.27 bits per heavy atom. The maximum Gasteiger partial charge on any atom is 0.0172 e. The highest BCUT2D eigenvalue weighted by Gasteiger charge is 2.17. The van der Waals surface area contributed by atoms with Crippen LogP contribution in [-0.4, -0.2) is 48.6 Å². The van der Waals surface area contributed by atoms with Gasteiger partial charge in [0.05, 0.1) is 0 Å². The Labute approximate surface area is 99.2 Å². The van der Waals surface area contributed by atoms with Gasteiger partial charge in [-0.2, -0.15) is 11.8 Å². The van der Waals surface area contributed by atoms with E-state index < -0.39 is 0 Å². The van der Waals surface area contributed by atoms with Crippen LogP contribution in [0.3, 0.4) is 0 Å². The van der Waals surface area contributed by atoms with Crippen molar-refractivity contribution in [3.63, 3.8) is 0 Å². The molecule has 1 unspecified atom stereocenters. The lowest BCUT2D eigenvalue weighted by Gasteiger charge is -2.31. The second-order valence-electron chi connectivity index (χ2n) is 4.80. The third-order valence-corrected chi connectivity index (χ3v) is 4.21. The minimum Gasteiger partial charge on any atom is -0.315 e. The van der Waals surface area contributed by atoms with Gasteiger partial charge in [-0.05, 0) is 18.9 Å². The van der Waals surface area contributed by atoms with Gasteiger partial charge in [0.2, 0.25) is 0 Å². The monoisotopic (exact) mass is 230 g/mol. The summed E-state index contributed by atoms with van der Waals surface area (Å²) in [6.45, 7) is 12.9. The predicted molar refractivity (Wildman–Crippen MR) is 70.7 cm³/mol. The van der Waals surface area contributed by atoms with E-state index >= 15 is 0 Å². The van der Waals surface area contributed by atoms with E-state index in [0.29, 0.717) is 0 Å². The van der Waals surface area contributed by atoms with Gasteiger partial charge in [-0.3, -0.25) is 0 Å². The molecule has 15 heavy (non-hydrogen) atoms. The van der Waals surface area contributed by atoms with Gasteiger partial charge >= 0.3 is 0 Å². The zero-order valence-electron chi connectivity index (χ0n) is 10.5. The SMILES string of the molecule is CCC1CN(CCNCC(C)C)CCS1. The van der Waals surface area contributed by atoms with E-state index in [9.17, 15) is 0 Å². The molecule has 1 heterocycles. The summed E-state index contributed by atoms with van der Waals surface area (Å²) >= 11 is 2.15. The number of nitrogens with one attached hydrogen (secondary N) is 1. The van der Waals surface area contributed by atoms with Crippen LogP contribution in [0.4, 0.5) is 0 Å². The van der Waals surface area contributed by atoms with E-state index in [1.165, 1.54) is 31.8 Å². The first-order valence-electron chi connectivity index (χ1n) is 6.27. The smallest absolute Gasteiger partial charge is 0.0172 e. The van der Waals surface area contributed by atoms with Gasteiger partial charge in [0, 0.05) is 37.2 Å². The molecule has 0 amide bonds. The molecule has 1 saturated heterocycles. The fraction of sp³-hybridized carbons (Fsp3) is 1.00. The molecule has 1 aliphatic rings. The average Bonchev–Trinajstić information content (AvgIpc) is 2.24. The zero-order valence-corrected chi connectivity index (χ0v) is 11.3. The highest BCUT2D eigenvalue weighted by molar-refractivity contribution is 8.00. The molecule has 0 aliphatic carbocycles. The molecule has 0 aromatic carbocycles. The summed E-state index contributed by atoms with van der Waals surface area (Å²) in [6.07, 6.45) is 1.32. The Hall–Kier alpha value is 0.270. The van der Waals surface area contributed by atoms with Crippen LogP contribution in [0.15, 0.2) is 0 Å². The van der Waals surface area contributed by atoms with Crippen LogP contribution in [-0.2, 0) is 0 Å². The number of hydrogen-bond donors (Lipinski definition) is 1. The highest BCUT2D eigenvalue weighted by atomic mass is 32.2. The predicted octanol–water partition coefficient (Wildman–Crippen LogP) is 2.06. The van der Waals surface area contributed by atoms with Crippen molar-refractivity contribution in [1.82, 2.24) is 10.2 Å². The summed E-state index contributed by atoms with van der Waals surface area (Å²) in [6, 6.07) is 0. The molecule has 0 radical (unpaired) electrons.